The molecule has 0 radical (unpaired) electrons. The maximum Gasteiger partial charge on any atom is 0.350 e. The molecule has 146 valence electrons. The molecule has 0 saturated carbocycles. The first-order valence-corrected chi connectivity index (χ1v) is 9.31. The van der Waals surface area contributed by atoms with Crippen LogP contribution in [0.25, 0.3) is 10.9 Å². The van der Waals surface area contributed by atoms with Crippen LogP contribution in [0.1, 0.15) is 32.6 Å². The molecular formula is C19H19N3O5S. The Bertz CT molecular complexity index is 1130. The molecule has 0 aliphatic rings. The van der Waals surface area contributed by atoms with E-state index >= 15 is 0 Å². The van der Waals surface area contributed by atoms with Crippen LogP contribution in [0.3, 0.4) is 0 Å². The van der Waals surface area contributed by atoms with Crippen LogP contribution in [0.4, 0.5) is 5.13 Å². The Kier molecular flexibility index (Phi) is 5.46. The molecule has 3 rings (SSSR count). The van der Waals surface area contributed by atoms with Crippen molar-refractivity contribution in [1.82, 2.24) is 9.55 Å². The molecule has 0 spiro atoms. The topological polar surface area (TPSA) is 99.5 Å². The lowest BCUT2D eigenvalue weighted by atomic mass is 10.1. The van der Waals surface area contributed by atoms with Crippen LogP contribution in [-0.4, -0.2) is 35.1 Å². The Morgan fingerprint density at radius 2 is 2.07 bits per heavy atom. The second-order valence-corrected chi connectivity index (χ2v) is 6.95. The highest BCUT2D eigenvalue weighted by molar-refractivity contribution is 7.17. The van der Waals surface area contributed by atoms with Gasteiger partial charge >= 0.3 is 5.97 Å². The Morgan fingerprint density at radius 3 is 2.75 bits per heavy atom. The van der Waals surface area contributed by atoms with Gasteiger partial charge in [0.05, 0.1) is 30.3 Å². The van der Waals surface area contributed by atoms with E-state index in [4.69, 9.17) is 9.47 Å². The molecule has 1 amide bonds. The average Bonchev–Trinajstić information content (AvgIpc) is 3.04. The van der Waals surface area contributed by atoms with Gasteiger partial charge in [-0.15, -0.1) is 0 Å². The van der Waals surface area contributed by atoms with Gasteiger partial charge in [-0.1, -0.05) is 17.4 Å². The maximum absolute atomic E-state index is 12.8. The van der Waals surface area contributed by atoms with Crippen LogP contribution in [0.15, 0.2) is 29.2 Å². The third-order valence-corrected chi connectivity index (χ3v) is 5.16. The summed E-state index contributed by atoms with van der Waals surface area (Å²) in [6.45, 7) is 3.61. The fourth-order valence-electron chi connectivity index (χ4n) is 2.86. The SMILES string of the molecule is CCOC(=O)c1sc(NC(=O)c2cn(C)c3c(OC)cccc3c2=O)nc1C. The van der Waals surface area contributed by atoms with Crippen molar-refractivity contribution < 1.29 is 19.1 Å². The number of hydrogen-bond acceptors (Lipinski definition) is 7. The molecule has 0 bridgehead atoms. The number of aromatic nitrogens is 2. The van der Waals surface area contributed by atoms with E-state index in [0.29, 0.717) is 27.2 Å². The van der Waals surface area contributed by atoms with Crippen LogP contribution < -0.4 is 15.5 Å². The Labute approximate surface area is 164 Å². The summed E-state index contributed by atoms with van der Waals surface area (Å²) in [5.74, 6) is -0.556. The van der Waals surface area contributed by atoms with Crippen molar-refractivity contribution in [3.8, 4) is 5.75 Å². The summed E-state index contributed by atoms with van der Waals surface area (Å²) in [7, 11) is 3.25. The molecular weight excluding hydrogens is 382 g/mol. The van der Waals surface area contributed by atoms with Crippen molar-refractivity contribution in [3.05, 3.63) is 50.8 Å². The zero-order valence-electron chi connectivity index (χ0n) is 15.9. The van der Waals surface area contributed by atoms with Gasteiger partial charge in [0.15, 0.2) is 5.13 Å². The van der Waals surface area contributed by atoms with Gasteiger partial charge in [0, 0.05) is 13.2 Å². The number of hydrogen-bond donors (Lipinski definition) is 1. The smallest absolute Gasteiger partial charge is 0.350 e. The number of fused-ring (bicyclic) bond motifs is 1. The van der Waals surface area contributed by atoms with Crippen molar-refractivity contribution in [2.24, 2.45) is 7.05 Å². The molecule has 0 aliphatic heterocycles. The van der Waals surface area contributed by atoms with Crippen LogP contribution in [0.2, 0.25) is 0 Å². The number of benzene rings is 1. The molecule has 0 saturated heterocycles. The maximum atomic E-state index is 12.8. The zero-order chi connectivity index (χ0) is 20.4. The van der Waals surface area contributed by atoms with Crippen LogP contribution in [0.5, 0.6) is 5.75 Å². The highest BCUT2D eigenvalue weighted by Gasteiger charge is 2.20. The summed E-state index contributed by atoms with van der Waals surface area (Å²) < 4.78 is 11.9. The first kappa shape index (κ1) is 19.6. The van der Waals surface area contributed by atoms with Crippen LogP contribution in [-0.2, 0) is 11.8 Å². The molecule has 8 nitrogen and oxygen atoms in total. The summed E-state index contributed by atoms with van der Waals surface area (Å²) in [6, 6.07) is 5.08. The standard InChI is InChI=1S/C19H19N3O5S/c1-5-27-18(25)16-10(2)20-19(28-16)21-17(24)12-9-22(3)14-11(15(12)23)7-6-8-13(14)26-4/h6-9H,5H2,1-4H3,(H,20,21,24). The third-order valence-electron chi connectivity index (χ3n) is 4.11. The zero-order valence-corrected chi connectivity index (χ0v) is 16.7. The number of amides is 1. The van der Waals surface area contributed by atoms with E-state index < -0.39 is 17.3 Å². The number of anilines is 1. The second kappa shape index (κ2) is 7.81. The minimum Gasteiger partial charge on any atom is -0.495 e. The van der Waals surface area contributed by atoms with Crippen molar-refractivity contribution in [2.45, 2.75) is 13.8 Å². The summed E-state index contributed by atoms with van der Waals surface area (Å²) >= 11 is 1.00. The van der Waals surface area contributed by atoms with Gasteiger partial charge in [0.2, 0.25) is 5.43 Å². The fraction of sp³-hybridized carbons (Fsp3) is 0.263. The summed E-state index contributed by atoms with van der Waals surface area (Å²) in [5.41, 5.74) is 0.605. The number of ether oxygens (including phenoxy) is 2. The number of carbonyl (C=O) groups is 2. The van der Waals surface area contributed by atoms with Gasteiger partial charge in [-0.25, -0.2) is 9.78 Å². The summed E-state index contributed by atoms with van der Waals surface area (Å²) in [4.78, 5) is 41.9. The van der Waals surface area contributed by atoms with E-state index in [9.17, 15) is 14.4 Å². The Morgan fingerprint density at radius 1 is 1.32 bits per heavy atom. The number of rotatable bonds is 5. The van der Waals surface area contributed by atoms with Crippen molar-refractivity contribution in [1.29, 1.82) is 0 Å². The normalized spacial score (nSPS) is 10.7. The van der Waals surface area contributed by atoms with Gasteiger partial charge in [-0.3, -0.25) is 14.9 Å². The van der Waals surface area contributed by atoms with E-state index in [1.807, 2.05) is 0 Å². The van der Waals surface area contributed by atoms with E-state index in [-0.39, 0.29) is 17.3 Å². The van der Waals surface area contributed by atoms with Gasteiger partial charge in [-0.05, 0) is 26.0 Å². The third kappa shape index (κ3) is 3.48. The van der Waals surface area contributed by atoms with Gasteiger partial charge in [0.25, 0.3) is 5.91 Å². The monoisotopic (exact) mass is 401 g/mol. The van der Waals surface area contributed by atoms with Gasteiger partial charge in [-0.2, -0.15) is 0 Å². The molecule has 3 aromatic rings. The predicted molar refractivity (Wildman–Crippen MR) is 107 cm³/mol. The lowest BCUT2D eigenvalue weighted by Gasteiger charge is -2.11. The van der Waals surface area contributed by atoms with Crippen LogP contribution >= 0.6 is 11.3 Å². The predicted octanol–water partition coefficient (Wildman–Crippen LogP) is 2.74. The van der Waals surface area contributed by atoms with Crippen molar-refractivity contribution in [2.75, 3.05) is 19.0 Å². The molecule has 0 unspecified atom stereocenters. The van der Waals surface area contributed by atoms with Gasteiger partial charge in [0.1, 0.15) is 16.2 Å². The molecule has 1 aromatic carbocycles. The molecule has 0 aliphatic carbocycles. The van der Waals surface area contributed by atoms with Gasteiger partial charge < -0.3 is 14.0 Å². The lowest BCUT2D eigenvalue weighted by Crippen LogP contribution is -2.23. The van der Waals surface area contributed by atoms with Crippen LogP contribution in [0, 0.1) is 6.92 Å². The fourth-order valence-corrected chi connectivity index (χ4v) is 3.71. The second-order valence-electron chi connectivity index (χ2n) is 5.95. The largest absolute Gasteiger partial charge is 0.495 e. The number of esters is 1. The highest BCUT2D eigenvalue weighted by atomic mass is 32.1. The number of nitrogens with zero attached hydrogens (tertiary/aromatic N) is 2. The van der Waals surface area contributed by atoms with E-state index in [1.54, 1.807) is 43.7 Å². The number of para-hydroxylation sites is 1. The average molecular weight is 401 g/mol. The number of carbonyl (C=O) groups excluding carboxylic acids is 2. The lowest BCUT2D eigenvalue weighted by molar-refractivity contribution is 0.0531. The minimum atomic E-state index is -0.602. The number of thiazole rings is 1. The quantitative estimate of drug-likeness (QED) is 0.660. The van der Waals surface area contributed by atoms with Crippen molar-refractivity contribution >= 4 is 39.2 Å². The molecule has 9 heteroatoms. The molecule has 2 aromatic heterocycles. The minimum absolute atomic E-state index is 0.0335. The Hall–Kier alpha value is -3.20. The molecule has 0 atom stereocenters. The number of aryl methyl sites for hydroxylation is 2. The molecule has 1 N–H and O–H groups in total. The van der Waals surface area contributed by atoms with E-state index in [1.165, 1.54) is 13.3 Å². The molecule has 0 fully saturated rings. The first-order valence-electron chi connectivity index (χ1n) is 8.49. The number of pyridine rings is 1. The van der Waals surface area contributed by atoms with Crippen molar-refractivity contribution in [3.63, 3.8) is 0 Å². The molecule has 28 heavy (non-hydrogen) atoms. The number of nitrogens with one attached hydrogen (secondary N) is 1. The Balaban J connectivity index is 1.97. The van der Waals surface area contributed by atoms with E-state index in [2.05, 4.69) is 10.3 Å². The van der Waals surface area contributed by atoms with E-state index in [0.717, 1.165) is 11.3 Å². The highest BCUT2D eigenvalue weighted by Crippen LogP contribution is 2.25. The first-order chi connectivity index (χ1) is 13.4. The summed E-state index contributed by atoms with van der Waals surface area (Å²) in [6.07, 6.45) is 1.45. The molecule has 2 heterocycles. The summed E-state index contributed by atoms with van der Waals surface area (Å²) in [5, 5.41) is 3.19. The number of methoxy groups -OCH3 is 1.